The van der Waals surface area contributed by atoms with E-state index in [-0.39, 0.29) is 95.6 Å². The van der Waals surface area contributed by atoms with Crippen LogP contribution in [0.15, 0.2) is 0 Å². The topological polar surface area (TPSA) is 58.2 Å². The normalized spacial score (nSPS) is 12.5. The fourth-order valence-electron chi connectivity index (χ4n) is 0.941. The summed E-state index contributed by atoms with van der Waals surface area (Å²) in [6, 6.07) is -0.531. The number of carbonyl (C=O) groups excluding carboxylic acids is 2. The molecule has 2 atom stereocenters. The number of nitrogens with one attached hydrogen (secondary N) is 2. The van der Waals surface area contributed by atoms with Gasteiger partial charge in [-0.15, -0.1) is 0 Å². The van der Waals surface area contributed by atoms with Gasteiger partial charge in [0, 0.05) is 77.7 Å². The molecule has 0 bridgehead atoms. The molecule has 2 radical (unpaired) electrons. The van der Waals surface area contributed by atoms with Crippen LogP contribution in [0.5, 0.6) is 0 Å². The fourth-order valence-corrected chi connectivity index (χ4v) is 0.941. The zero-order valence-corrected chi connectivity index (χ0v) is 16.1. The Balaban J connectivity index is -0.000000980. The van der Waals surface area contributed by atoms with Crippen molar-refractivity contribution in [1.29, 1.82) is 0 Å². The Bertz CT molecular complexity index is 226. The largest absolute Gasteiger partial charge is 0.372 e. The molecule has 2 unspecified atom stereocenters. The molecule has 0 aliphatic rings. The summed E-state index contributed by atoms with van der Waals surface area (Å²) in [5.74, 6) is -0.140. The van der Waals surface area contributed by atoms with Crippen molar-refractivity contribution in [1.82, 2.24) is 10.6 Å². The van der Waals surface area contributed by atoms with Gasteiger partial charge in [-0.25, -0.2) is 12.1 Å². The molecule has 0 saturated heterocycles. The molecule has 17 heavy (non-hydrogen) atoms. The Morgan fingerprint density at radius 1 is 1.18 bits per heavy atom. The van der Waals surface area contributed by atoms with Crippen molar-refractivity contribution < 1.29 is 75.0 Å². The molecule has 4 nitrogen and oxygen atoms in total. The Kier molecular flexibility index (Phi) is 18.7. The average Bonchev–Trinajstić information content (AvgIpc) is 2.13. The summed E-state index contributed by atoms with van der Waals surface area (Å²) in [4.78, 5) is 22.0. The summed E-state index contributed by atoms with van der Waals surface area (Å²) in [6.07, 6.45) is 2.90. The molecule has 0 aliphatic heterocycles. The Morgan fingerprint density at radius 2 is 1.71 bits per heavy atom. The van der Waals surface area contributed by atoms with Crippen molar-refractivity contribution in [3.05, 3.63) is 26.7 Å². The number of carbonyl (C=O) groups is 2. The van der Waals surface area contributed by atoms with E-state index in [4.69, 9.17) is 0 Å². The van der Waals surface area contributed by atoms with Gasteiger partial charge >= 0.3 is 0 Å². The van der Waals surface area contributed by atoms with Crippen molar-refractivity contribution in [2.75, 3.05) is 13.6 Å². The van der Waals surface area contributed by atoms with Crippen LogP contribution in [0.1, 0.15) is 6.92 Å². The van der Waals surface area contributed by atoms with Crippen molar-refractivity contribution >= 4 is 11.6 Å². The number of Topliss-reactive ketones (excluding diaryl/α,β-unsaturated/α-hetero) is 2. The predicted molar refractivity (Wildman–Crippen MR) is 59.6 cm³/mol. The van der Waals surface area contributed by atoms with Crippen LogP contribution in [-0.2, 0) is 75.0 Å². The zero-order chi connectivity index (χ0) is 11.8. The number of rotatable bonds is 8. The quantitative estimate of drug-likeness (QED) is 0.564. The van der Waals surface area contributed by atoms with E-state index in [9.17, 15) is 9.59 Å². The first kappa shape index (κ1) is 23.3. The molecule has 0 aromatic carbocycles. The average molecular weight is 388 g/mol. The molecule has 94 valence electrons. The van der Waals surface area contributed by atoms with Gasteiger partial charge in [-0.3, -0.25) is 0 Å². The molecule has 0 aliphatic carbocycles. The van der Waals surface area contributed by atoms with Gasteiger partial charge in [-0.05, 0) is 19.8 Å². The molecule has 0 spiro atoms. The van der Waals surface area contributed by atoms with Crippen LogP contribution in [0.25, 0.3) is 0 Å². The molecular formula is C11H18N2O2Y2-4. The van der Waals surface area contributed by atoms with Crippen LogP contribution in [0.2, 0.25) is 0 Å². The summed E-state index contributed by atoms with van der Waals surface area (Å²) in [6.45, 7) is 8.95. The minimum absolute atomic E-state index is 0. The second kappa shape index (κ2) is 13.6. The van der Waals surface area contributed by atoms with Crippen LogP contribution in [0.4, 0.5) is 0 Å². The summed E-state index contributed by atoms with van der Waals surface area (Å²) in [7, 11) is 1.72. The van der Waals surface area contributed by atoms with Gasteiger partial charge in [-0.2, -0.15) is 0 Å². The predicted octanol–water partition coefficient (Wildman–Crippen LogP) is -0.238. The molecular weight excluding hydrogens is 370 g/mol. The minimum Gasteiger partial charge on any atom is -0.372 e. The van der Waals surface area contributed by atoms with Crippen LogP contribution >= 0.6 is 0 Å². The molecule has 0 aromatic heterocycles. The zero-order valence-electron chi connectivity index (χ0n) is 10.4. The van der Waals surface area contributed by atoms with Gasteiger partial charge in [0.05, 0.1) is 0 Å². The van der Waals surface area contributed by atoms with Crippen molar-refractivity contribution in [3.8, 4) is 0 Å². The molecule has 6 heteroatoms. The minimum atomic E-state index is -0.335. The molecule has 2 N–H and O–H groups in total. The molecule has 0 heterocycles. The first-order valence-corrected chi connectivity index (χ1v) is 4.75. The number of ketones is 2. The molecule has 0 amide bonds. The van der Waals surface area contributed by atoms with Gasteiger partial charge in [0.2, 0.25) is 0 Å². The van der Waals surface area contributed by atoms with Crippen LogP contribution < -0.4 is 10.6 Å². The Morgan fingerprint density at radius 3 is 2.12 bits per heavy atom. The third-order valence-electron chi connectivity index (χ3n) is 1.73. The van der Waals surface area contributed by atoms with Gasteiger partial charge < -0.3 is 46.9 Å². The van der Waals surface area contributed by atoms with Crippen LogP contribution in [-0.4, -0.2) is 37.2 Å². The fraction of sp³-hybridized carbons (Fsp3) is 0.455. The summed E-state index contributed by atoms with van der Waals surface area (Å²) in [5, 5.41) is 5.64. The van der Waals surface area contributed by atoms with E-state index < -0.39 is 0 Å². The van der Waals surface area contributed by atoms with Crippen molar-refractivity contribution in [3.63, 3.8) is 0 Å². The smallest absolute Gasteiger partial charge is 0.0212 e. The number of hydrogen-bond donors (Lipinski definition) is 2. The van der Waals surface area contributed by atoms with E-state index in [0.29, 0.717) is 0 Å². The van der Waals surface area contributed by atoms with Gasteiger partial charge in [-0.1, -0.05) is 0 Å². The van der Waals surface area contributed by atoms with Gasteiger partial charge in [0.15, 0.2) is 0 Å². The van der Waals surface area contributed by atoms with E-state index in [2.05, 4.69) is 24.5 Å². The third kappa shape index (κ3) is 15.1. The van der Waals surface area contributed by atoms with Gasteiger partial charge in [0.25, 0.3) is 0 Å². The summed E-state index contributed by atoms with van der Waals surface area (Å²) >= 11 is 0. The Labute approximate surface area is 155 Å². The van der Waals surface area contributed by atoms with E-state index in [1.165, 1.54) is 19.8 Å². The maximum Gasteiger partial charge on any atom is 0.0212 e. The molecule has 0 rings (SSSR count). The van der Waals surface area contributed by atoms with E-state index in [1.807, 2.05) is 0 Å². The number of hydrogen-bond acceptors (Lipinski definition) is 4. The van der Waals surface area contributed by atoms with E-state index in [1.54, 1.807) is 7.05 Å². The molecule has 0 aromatic rings. The van der Waals surface area contributed by atoms with Crippen molar-refractivity contribution in [2.45, 2.75) is 19.0 Å². The first-order valence-electron chi connectivity index (χ1n) is 4.75. The third-order valence-corrected chi connectivity index (χ3v) is 1.73. The molecule has 0 saturated carbocycles. The van der Waals surface area contributed by atoms with Crippen LogP contribution in [0, 0.1) is 26.7 Å². The Hall–Kier alpha value is 1.21. The molecule has 0 fully saturated rings. The van der Waals surface area contributed by atoms with E-state index >= 15 is 0 Å². The second-order valence-corrected chi connectivity index (χ2v) is 3.29. The SMILES string of the molecule is [CH2-]C([CH-]C(=O)CNC([CH2-])[CH-]C(C)=O)NC.[Y].[Y]. The second-order valence-electron chi connectivity index (χ2n) is 3.29. The first-order chi connectivity index (χ1) is 6.95. The standard InChI is InChI=1S/C11H18N2O2.2Y/c1-8(12-4)6-11(15)7-13-9(2)5-10(3)14;;/h5-6,8-9,12-13H,1-2,7H2,3-4H3;;/q-4;;. The maximum atomic E-state index is 11.3. The summed E-state index contributed by atoms with van der Waals surface area (Å²) in [5.41, 5.74) is 0. The van der Waals surface area contributed by atoms with E-state index in [0.717, 1.165) is 0 Å². The van der Waals surface area contributed by atoms with Crippen molar-refractivity contribution in [2.24, 2.45) is 0 Å². The monoisotopic (exact) mass is 388 g/mol. The summed E-state index contributed by atoms with van der Waals surface area (Å²) < 4.78 is 0. The maximum absolute atomic E-state index is 11.3. The van der Waals surface area contributed by atoms with Gasteiger partial charge in [0.1, 0.15) is 0 Å². The van der Waals surface area contributed by atoms with Crippen LogP contribution in [0.3, 0.4) is 0 Å².